The minimum Gasteiger partial charge on any atom is -0.469 e. The van der Waals surface area contributed by atoms with Crippen LogP contribution in [0.3, 0.4) is 0 Å². The summed E-state index contributed by atoms with van der Waals surface area (Å²) in [6.07, 6.45) is 1.72. The number of methoxy groups -OCH3 is 1. The van der Waals surface area contributed by atoms with Gasteiger partial charge in [0.15, 0.2) is 10.4 Å². The molecule has 3 atom stereocenters. The number of nitrogens with zero attached hydrogens (tertiary/aromatic N) is 4. The lowest BCUT2D eigenvalue weighted by molar-refractivity contribution is -0.154. The van der Waals surface area contributed by atoms with E-state index in [0.717, 1.165) is 0 Å². The predicted molar refractivity (Wildman–Crippen MR) is 83.7 cm³/mol. The van der Waals surface area contributed by atoms with Crippen LogP contribution in [0.1, 0.15) is 26.0 Å². The van der Waals surface area contributed by atoms with Crippen LogP contribution in [0.15, 0.2) is 17.3 Å². The van der Waals surface area contributed by atoms with E-state index in [9.17, 15) is 9.59 Å². The zero-order chi connectivity index (χ0) is 17.3. The molecule has 3 heterocycles. The first kappa shape index (κ1) is 16.8. The van der Waals surface area contributed by atoms with Crippen molar-refractivity contribution in [2.75, 3.05) is 7.11 Å². The molecular formula is C14H15BrN4O5. The van der Waals surface area contributed by atoms with Crippen molar-refractivity contribution in [2.24, 2.45) is 0 Å². The van der Waals surface area contributed by atoms with E-state index in [1.54, 1.807) is 10.8 Å². The van der Waals surface area contributed by atoms with Crippen molar-refractivity contribution in [2.45, 2.75) is 38.2 Å². The Morgan fingerprint density at radius 1 is 1.50 bits per heavy atom. The van der Waals surface area contributed by atoms with Crippen LogP contribution in [0, 0.1) is 0 Å². The van der Waals surface area contributed by atoms with Crippen molar-refractivity contribution in [3.05, 3.63) is 17.3 Å². The van der Waals surface area contributed by atoms with Crippen molar-refractivity contribution in [3.8, 4) is 0 Å². The molecule has 0 saturated carbocycles. The smallest absolute Gasteiger partial charge is 0.308 e. The van der Waals surface area contributed by atoms with Crippen LogP contribution in [0.2, 0.25) is 0 Å². The number of rotatable bonds is 4. The van der Waals surface area contributed by atoms with Crippen molar-refractivity contribution >= 4 is 39.0 Å². The Hall–Kier alpha value is -2.07. The fourth-order valence-electron chi connectivity index (χ4n) is 2.70. The molecule has 1 aliphatic rings. The molecule has 10 heteroatoms. The molecule has 1 fully saturated rings. The predicted octanol–water partition coefficient (Wildman–Crippen LogP) is 1.37. The lowest BCUT2D eigenvalue weighted by Gasteiger charge is -2.17. The third-order valence-electron chi connectivity index (χ3n) is 3.69. The number of aromatic nitrogens is 4. The molecule has 0 spiro atoms. The minimum atomic E-state index is -0.600. The zero-order valence-electron chi connectivity index (χ0n) is 13.0. The Morgan fingerprint density at radius 2 is 2.29 bits per heavy atom. The monoisotopic (exact) mass is 398 g/mol. The number of imidazole rings is 1. The van der Waals surface area contributed by atoms with Crippen LogP contribution in [-0.2, 0) is 23.8 Å². The fraction of sp³-hybridized carbons (Fsp3) is 0.500. The number of hydrogen-bond acceptors (Lipinski definition) is 8. The van der Waals surface area contributed by atoms with Gasteiger partial charge >= 0.3 is 11.9 Å². The van der Waals surface area contributed by atoms with E-state index in [1.165, 1.54) is 20.4 Å². The van der Waals surface area contributed by atoms with Gasteiger partial charge in [-0.1, -0.05) is 0 Å². The van der Waals surface area contributed by atoms with E-state index in [0.29, 0.717) is 22.3 Å². The molecule has 1 saturated heterocycles. The molecule has 0 N–H and O–H groups in total. The molecule has 2 aromatic rings. The summed E-state index contributed by atoms with van der Waals surface area (Å²) in [4.78, 5) is 35.4. The molecule has 3 rings (SSSR count). The third-order valence-corrected chi connectivity index (χ3v) is 4.25. The molecule has 24 heavy (non-hydrogen) atoms. The highest BCUT2D eigenvalue weighted by Gasteiger charge is 2.41. The first-order chi connectivity index (χ1) is 11.5. The standard InChI is InChI=1S/C14H15BrN4O5/c1-7(20)23-9-3-11(24-10(9)4-12(21)22-2)19-13-8(18-14(19)15)5-16-6-17-13/h5-6,9-11H,3-4H2,1-2H3/t9-,10+,11+/m0/s1. The number of carbonyl (C=O) groups excluding carboxylic acids is 2. The molecular weight excluding hydrogens is 384 g/mol. The van der Waals surface area contributed by atoms with Crippen LogP contribution in [-0.4, -0.2) is 50.8 Å². The van der Waals surface area contributed by atoms with Gasteiger partial charge in [-0.2, -0.15) is 0 Å². The van der Waals surface area contributed by atoms with E-state index >= 15 is 0 Å². The van der Waals surface area contributed by atoms with Gasteiger partial charge in [0.2, 0.25) is 0 Å². The summed E-state index contributed by atoms with van der Waals surface area (Å²) in [7, 11) is 1.30. The molecule has 9 nitrogen and oxygen atoms in total. The number of fused-ring (bicyclic) bond motifs is 1. The van der Waals surface area contributed by atoms with Gasteiger partial charge in [0.25, 0.3) is 0 Å². The van der Waals surface area contributed by atoms with Crippen molar-refractivity contribution in [1.82, 2.24) is 19.5 Å². The average molecular weight is 399 g/mol. The number of carbonyl (C=O) groups is 2. The summed E-state index contributed by atoms with van der Waals surface area (Å²) in [6, 6.07) is 0. The highest BCUT2D eigenvalue weighted by atomic mass is 79.9. The minimum absolute atomic E-state index is 0.00974. The topological polar surface area (TPSA) is 105 Å². The van der Waals surface area contributed by atoms with Crippen LogP contribution in [0.5, 0.6) is 0 Å². The Kier molecular flexibility index (Phi) is 4.76. The second kappa shape index (κ2) is 6.81. The van der Waals surface area contributed by atoms with Gasteiger partial charge in [-0.25, -0.2) is 15.0 Å². The maximum atomic E-state index is 11.6. The lowest BCUT2D eigenvalue weighted by Crippen LogP contribution is -2.29. The molecule has 0 bridgehead atoms. The van der Waals surface area contributed by atoms with Crippen molar-refractivity contribution in [1.29, 1.82) is 0 Å². The van der Waals surface area contributed by atoms with E-state index in [4.69, 9.17) is 9.47 Å². The molecule has 0 aliphatic carbocycles. The lowest BCUT2D eigenvalue weighted by atomic mass is 10.1. The van der Waals surface area contributed by atoms with Gasteiger partial charge in [0.05, 0.1) is 19.7 Å². The molecule has 0 amide bonds. The Labute approximate surface area is 145 Å². The van der Waals surface area contributed by atoms with Crippen LogP contribution in [0.4, 0.5) is 0 Å². The van der Waals surface area contributed by atoms with Gasteiger partial charge in [-0.3, -0.25) is 14.2 Å². The Morgan fingerprint density at radius 3 is 3.00 bits per heavy atom. The quantitative estimate of drug-likeness (QED) is 0.561. The van der Waals surface area contributed by atoms with Crippen molar-refractivity contribution < 1.29 is 23.8 Å². The third kappa shape index (κ3) is 3.24. The largest absolute Gasteiger partial charge is 0.469 e. The van der Waals surface area contributed by atoms with Gasteiger partial charge in [-0.05, 0) is 15.9 Å². The highest BCUT2D eigenvalue weighted by molar-refractivity contribution is 9.10. The van der Waals surface area contributed by atoms with Gasteiger partial charge in [0.1, 0.15) is 30.3 Å². The Bertz CT molecular complexity index is 780. The second-order valence-corrected chi connectivity index (χ2v) is 5.98. The fourth-order valence-corrected chi connectivity index (χ4v) is 3.29. The van der Waals surface area contributed by atoms with Gasteiger partial charge in [0, 0.05) is 13.3 Å². The summed E-state index contributed by atoms with van der Waals surface area (Å²) in [6.45, 7) is 1.32. The van der Waals surface area contributed by atoms with E-state index in [-0.39, 0.29) is 6.42 Å². The molecule has 1 aliphatic heterocycles. The number of halogens is 1. The molecule has 128 valence electrons. The zero-order valence-corrected chi connectivity index (χ0v) is 14.6. The number of hydrogen-bond donors (Lipinski definition) is 0. The number of ether oxygens (including phenoxy) is 3. The van der Waals surface area contributed by atoms with Crippen LogP contribution in [0.25, 0.3) is 11.2 Å². The summed E-state index contributed by atoms with van der Waals surface area (Å²) in [5.41, 5.74) is 1.19. The summed E-state index contributed by atoms with van der Waals surface area (Å²) >= 11 is 3.38. The summed E-state index contributed by atoms with van der Waals surface area (Å²) in [5, 5.41) is 0. The molecule has 2 aromatic heterocycles. The average Bonchev–Trinajstić information content (AvgIpc) is 3.06. The van der Waals surface area contributed by atoms with Gasteiger partial charge in [-0.15, -0.1) is 0 Å². The second-order valence-electron chi connectivity index (χ2n) is 5.28. The number of esters is 2. The first-order valence-corrected chi connectivity index (χ1v) is 8.01. The van der Waals surface area contributed by atoms with Crippen LogP contribution < -0.4 is 0 Å². The van der Waals surface area contributed by atoms with E-state index in [2.05, 4.69) is 35.6 Å². The molecule has 0 radical (unpaired) electrons. The maximum absolute atomic E-state index is 11.6. The SMILES string of the molecule is COC(=O)C[C@H]1O[C@@H](n2c(Br)nc3cncnc32)C[C@@H]1OC(C)=O. The van der Waals surface area contributed by atoms with Crippen LogP contribution >= 0.6 is 15.9 Å². The first-order valence-electron chi connectivity index (χ1n) is 7.22. The maximum Gasteiger partial charge on any atom is 0.308 e. The highest BCUT2D eigenvalue weighted by Crippen LogP contribution is 2.36. The molecule has 0 aromatic carbocycles. The van der Waals surface area contributed by atoms with E-state index < -0.39 is 30.4 Å². The summed E-state index contributed by atoms with van der Waals surface area (Å²) < 4.78 is 18.2. The van der Waals surface area contributed by atoms with Gasteiger partial charge < -0.3 is 14.2 Å². The normalized spacial score (nSPS) is 23.4. The van der Waals surface area contributed by atoms with E-state index in [1.807, 2.05) is 0 Å². The molecule has 0 unspecified atom stereocenters. The van der Waals surface area contributed by atoms with Crippen molar-refractivity contribution in [3.63, 3.8) is 0 Å². The summed E-state index contributed by atoms with van der Waals surface area (Å²) in [5.74, 6) is -0.870. The Balaban J connectivity index is 1.89.